The number of methoxy groups -OCH3 is 1. The zero-order valence-corrected chi connectivity index (χ0v) is 13.9. The van der Waals surface area contributed by atoms with Crippen LogP contribution in [0.15, 0.2) is 22.7 Å². The summed E-state index contributed by atoms with van der Waals surface area (Å²) in [5.41, 5.74) is -0.224. The Labute approximate surface area is 131 Å². The highest BCUT2D eigenvalue weighted by atomic mass is 79.9. The molecule has 1 rings (SSSR count). The summed E-state index contributed by atoms with van der Waals surface area (Å²) in [4.78, 5) is 23.7. The van der Waals surface area contributed by atoms with Crippen LogP contribution in [0.3, 0.4) is 0 Å². The van der Waals surface area contributed by atoms with E-state index in [0.29, 0.717) is 10.0 Å². The van der Waals surface area contributed by atoms with Gasteiger partial charge in [-0.05, 0) is 54.4 Å². The molecule has 6 nitrogen and oxygen atoms in total. The lowest BCUT2D eigenvalue weighted by Crippen LogP contribution is -2.38. The van der Waals surface area contributed by atoms with Gasteiger partial charge >= 0.3 is 12.1 Å². The van der Waals surface area contributed by atoms with Crippen LogP contribution >= 0.6 is 15.9 Å². The molecule has 0 saturated heterocycles. The summed E-state index contributed by atoms with van der Waals surface area (Å²) >= 11 is 3.15. The number of rotatable bonds is 3. The van der Waals surface area contributed by atoms with E-state index in [1.165, 1.54) is 25.3 Å². The van der Waals surface area contributed by atoms with Gasteiger partial charge in [0.05, 0.1) is 11.6 Å². The number of carbonyl (C=O) groups is 2. The SMILES string of the molecule is COC(=O)C(NC(=O)OC(C)(C)C)c1ccc(O)c(Br)c1. The van der Waals surface area contributed by atoms with Crippen LogP contribution in [0, 0.1) is 0 Å². The fraction of sp³-hybridized carbons (Fsp3) is 0.429. The molecule has 1 unspecified atom stereocenters. The molecule has 0 spiro atoms. The lowest BCUT2D eigenvalue weighted by atomic mass is 10.1. The second-order valence-electron chi connectivity index (χ2n) is 5.31. The maximum atomic E-state index is 11.8. The van der Waals surface area contributed by atoms with Crippen LogP contribution in [0.25, 0.3) is 0 Å². The Hall–Kier alpha value is -1.76. The molecule has 0 aliphatic carbocycles. The molecule has 2 N–H and O–H groups in total. The van der Waals surface area contributed by atoms with Gasteiger partial charge in [0.2, 0.25) is 0 Å². The molecule has 0 aromatic heterocycles. The van der Waals surface area contributed by atoms with Gasteiger partial charge in [0.15, 0.2) is 6.04 Å². The van der Waals surface area contributed by atoms with E-state index in [2.05, 4.69) is 26.0 Å². The Morgan fingerprint density at radius 3 is 2.43 bits per heavy atom. The van der Waals surface area contributed by atoms with E-state index in [-0.39, 0.29) is 5.75 Å². The van der Waals surface area contributed by atoms with Gasteiger partial charge in [0.25, 0.3) is 0 Å². The van der Waals surface area contributed by atoms with Crippen molar-refractivity contribution in [3.05, 3.63) is 28.2 Å². The fourth-order valence-electron chi connectivity index (χ4n) is 1.52. The molecule has 0 bridgehead atoms. The number of alkyl carbamates (subject to hydrolysis) is 1. The third kappa shape index (κ3) is 5.26. The van der Waals surface area contributed by atoms with Crippen LogP contribution in [0.5, 0.6) is 5.75 Å². The molecule has 0 aliphatic rings. The predicted octanol–water partition coefficient (Wildman–Crippen LogP) is 2.89. The number of carbonyl (C=O) groups excluding carboxylic acids is 2. The lowest BCUT2D eigenvalue weighted by Gasteiger charge is -2.23. The Kier molecular flexibility index (Phi) is 5.60. The van der Waals surface area contributed by atoms with E-state index in [1.54, 1.807) is 20.8 Å². The molecule has 0 aliphatic heterocycles. The summed E-state index contributed by atoms with van der Waals surface area (Å²) in [7, 11) is 1.22. The standard InChI is InChI=1S/C14H18BrNO5/c1-14(2,3)21-13(19)16-11(12(18)20-4)8-5-6-10(17)9(15)7-8/h5-7,11,17H,1-4H3,(H,16,19). The number of phenols is 1. The van der Waals surface area contributed by atoms with Crippen LogP contribution < -0.4 is 5.32 Å². The second kappa shape index (κ2) is 6.80. The number of aromatic hydroxyl groups is 1. The molecule has 1 amide bonds. The molecule has 1 aromatic rings. The van der Waals surface area contributed by atoms with Crippen LogP contribution in [-0.2, 0) is 14.3 Å². The minimum atomic E-state index is -1.03. The van der Waals surface area contributed by atoms with Crippen molar-refractivity contribution in [2.45, 2.75) is 32.4 Å². The first kappa shape index (κ1) is 17.3. The lowest BCUT2D eigenvalue weighted by molar-refractivity contribution is -0.143. The maximum absolute atomic E-state index is 11.8. The number of hydrogen-bond donors (Lipinski definition) is 2. The van der Waals surface area contributed by atoms with E-state index in [9.17, 15) is 14.7 Å². The largest absolute Gasteiger partial charge is 0.507 e. The van der Waals surface area contributed by atoms with Crippen molar-refractivity contribution in [2.24, 2.45) is 0 Å². The molecule has 1 aromatic carbocycles. The van der Waals surface area contributed by atoms with Gasteiger partial charge in [-0.1, -0.05) is 6.07 Å². The number of ether oxygens (including phenoxy) is 2. The summed E-state index contributed by atoms with van der Waals surface area (Å²) in [6.07, 6.45) is -0.734. The monoisotopic (exact) mass is 359 g/mol. The third-order valence-electron chi connectivity index (χ3n) is 2.40. The molecular weight excluding hydrogens is 342 g/mol. The summed E-state index contributed by atoms with van der Waals surface area (Å²) in [5.74, 6) is -0.613. The highest BCUT2D eigenvalue weighted by molar-refractivity contribution is 9.10. The van der Waals surface area contributed by atoms with E-state index in [0.717, 1.165) is 0 Å². The van der Waals surface area contributed by atoms with Crippen molar-refractivity contribution >= 4 is 28.0 Å². The van der Waals surface area contributed by atoms with Gasteiger partial charge < -0.3 is 19.9 Å². The average Bonchev–Trinajstić information content (AvgIpc) is 2.36. The van der Waals surface area contributed by atoms with Crippen molar-refractivity contribution in [3.63, 3.8) is 0 Å². The summed E-state index contributed by atoms with van der Waals surface area (Å²) in [6, 6.07) is 3.42. The van der Waals surface area contributed by atoms with Gasteiger partial charge in [-0.2, -0.15) is 0 Å². The first-order valence-electron chi connectivity index (χ1n) is 6.20. The first-order valence-corrected chi connectivity index (χ1v) is 6.99. The fourth-order valence-corrected chi connectivity index (χ4v) is 1.92. The summed E-state index contributed by atoms with van der Waals surface area (Å²) in [6.45, 7) is 5.16. The molecule has 21 heavy (non-hydrogen) atoms. The van der Waals surface area contributed by atoms with Crippen LogP contribution in [-0.4, -0.2) is 29.9 Å². The number of esters is 1. The zero-order valence-electron chi connectivity index (χ0n) is 12.3. The van der Waals surface area contributed by atoms with Crippen LogP contribution in [0.2, 0.25) is 0 Å². The quantitative estimate of drug-likeness (QED) is 0.810. The molecule has 0 saturated carbocycles. The Balaban J connectivity index is 2.98. The minimum Gasteiger partial charge on any atom is -0.507 e. The number of nitrogens with one attached hydrogen (secondary N) is 1. The normalized spacial score (nSPS) is 12.4. The molecule has 1 atom stereocenters. The van der Waals surface area contributed by atoms with Crippen molar-refractivity contribution in [1.82, 2.24) is 5.32 Å². The van der Waals surface area contributed by atoms with Crippen molar-refractivity contribution in [2.75, 3.05) is 7.11 Å². The average molecular weight is 360 g/mol. The van der Waals surface area contributed by atoms with Gasteiger partial charge in [0.1, 0.15) is 11.4 Å². The Morgan fingerprint density at radius 1 is 1.33 bits per heavy atom. The van der Waals surface area contributed by atoms with Gasteiger partial charge in [-0.15, -0.1) is 0 Å². The molecule has 0 fully saturated rings. The van der Waals surface area contributed by atoms with Crippen LogP contribution in [0.4, 0.5) is 4.79 Å². The van der Waals surface area contributed by atoms with E-state index >= 15 is 0 Å². The molecule has 0 heterocycles. The Bertz CT molecular complexity index is 539. The first-order chi connectivity index (χ1) is 9.64. The van der Waals surface area contributed by atoms with Crippen molar-refractivity contribution in [1.29, 1.82) is 0 Å². The van der Waals surface area contributed by atoms with Crippen molar-refractivity contribution in [3.8, 4) is 5.75 Å². The second-order valence-corrected chi connectivity index (χ2v) is 6.17. The van der Waals surface area contributed by atoms with Gasteiger partial charge in [0, 0.05) is 0 Å². The van der Waals surface area contributed by atoms with Crippen LogP contribution in [0.1, 0.15) is 32.4 Å². The number of benzene rings is 1. The summed E-state index contributed by atoms with van der Waals surface area (Å²) < 4.78 is 10.2. The molecule has 116 valence electrons. The minimum absolute atomic E-state index is 0.0274. The zero-order chi connectivity index (χ0) is 16.2. The van der Waals surface area contributed by atoms with Gasteiger partial charge in [-0.25, -0.2) is 9.59 Å². The summed E-state index contributed by atoms with van der Waals surface area (Å²) in [5, 5.41) is 11.9. The number of halogens is 1. The number of hydrogen-bond acceptors (Lipinski definition) is 5. The van der Waals surface area contributed by atoms with Gasteiger partial charge in [-0.3, -0.25) is 0 Å². The van der Waals surface area contributed by atoms with E-state index < -0.39 is 23.7 Å². The molecule has 0 radical (unpaired) electrons. The van der Waals surface area contributed by atoms with Crippen molar-refractivity contribution < 1.29 is 24.2 Å². The molecule has 7 heteroatoms. The predicted molar refractivity (Wildman–Crippen MR) is 79.9 cm³/mol. The number of amides is 1. The molecular formula is C14H18BrNO5. The van der Waals surface area contributed by atoms with E-state index in [1.807, 2.05) is 0 Å². The van der Waals surface area contributed by atoms with E-state index in [4.69, 9.17) is 4.74 Å². The third-order valence-corrected chi connectivity index (χ3v) is 3.04. The topological polar surface area (TPSA) is 84.9 Å². The number of phenolic OH excluding ortho intramolecular Hbond substituents is 1. The highest BCUT2D eigenvalue weighted by Gasteiger charge is 2.27. The Morgan fingerprint density at radius 2 is 1.95 bits per heavy atom. The highest BCUT2D eigenvalue weighted by Crippen LogP contribution is 2.27. The smallest absolute Gasteiger partial charge is 0.408 e. The maximum Gasteiger partial charge on any atom is 0.408 e.